The van der Waals surface area contributed by atoms with Crippen LogP contribution in [0.25, 0.3) is 0 Å². The number of piperidine rings is 1. The number of hydrogen-bond acceptors (Lipinski definition) is 6. The molecule has 2 aromatic rings. The van der Waals surface area contributed by atoms with E-state index in [4.69, 9.17) is 4.74 Å². The van der Waals surface area contributed by atoms with Crippen LogP contribution in [0.3, 0.4) is 0 Å². The summed E-state index contributed by atoms with van der Waals surface area (Å²) in [5.41, 5.74) is 0.887. The number of nitro benzene ring substituents is 1. The molecule has 2 aromatic carbocycles. The Kier molecular flexibility index (Phi) is 5.73. The van der Waals surface area contributed by atoms with Crippen LogP contribution in [0.1, 0.15) is 17.9 Å². The second-order valence-corrected chi connectivity index (χ2v) is 8.07. The first kappa shape index (κ1) is 19.3. The topological polar surface area (TPSA) is 111 Å². The van der Waals surface area contributed by atoms with Gasteiger partial charge in [0, 0.05) is 30.6 Å². The molecule has 27 heavy (non-hydrogen) atoms. The predicted octanol–water partition coefficient (Wildman–Crippen LogP) is 2.03. The van der Waals surface area contributed by atoms with Gasteiger partial charge in [-0.15, -0.1) is 0 Å². The standard InChI is InChI=1S/C18H21N3O5S/c1-26-15-6-2-13(3-7-15)17-10-11-19-12-18(17)20-27(24,25)16-8-4-14(5-9-16)21(22)23/h2-9,17-20H,10-12H2,1H3/t17-,18-/m1/s1. The number of nitrogens with one attached hydrogen (secondary N) is 2. The average Bonchev–Trinajstić information content (AvgIpc) is 2.68. The number of sulfonamides is 1. The number of ether oxygens (including phenoxy) is 1. The highest BCUT2D eigenvalue weighted by molar-refractivity contribution is 7.89. The molecule has 1 heterocycles. The van der Waals surface area contributed by atoms with Gasteiger partial charge in [0.2, 0.25) is 10.0 Å². The van der Waals surface area contributed by atoms with E-state index in [1.54, 1.807) is 7.11 Å². The van der Waals surface area contributed by atoms with Crippen LogP contribution >= 0.6 is 0 Å². The molecule has 0 saturated carbocycles. The van der Waals surface area contributed by atoms with E-state index >= 15 is 0 Å². The van der Waals surface area contributed by atoms with Crippen molar-refractivity contribution in [3.63, 3.8) is 0 Å². The predicted molar refractivity (Wildman–Crippen MR) is 100 cm³/mol. The lowest BCUT2D eigenvalue weighted by molar-refractivity contribution is -0.384. The van der Waals surface area contributed by atoms with Crippen LogP contribution in [0.15, 0.2) is 53.4 Å². The van der Waals surface area contributed by atoms with Crippen LogP contribution in [0.2, 0.25) is 0 Å². The van der Waals surface area contributed by atoms with E-state index in [1.165, 1.54) is 24.3 Å². The van der Waals surface area contributed by atoms with Gasteiger partial charge in [-0.1, -0.05) is 12.1 Å². The summed E-state index contributed by atoms with van der Waals surface area (Å²) in [4.78, 5) is 10.2. The van der Waals surface area contributed by atoms with Gasteiger partial charge in [0.1, 0.15) is 5.75 Å². The molecule has 8 nitrogen and oxygen atoms in total. The van der Waals surface area contributed by atoms with Gasteiger partial charge < -0.3 is 10.1 Å². The van der Waals surface area contributed by atoms with Crippen molar-refractivity contribution < 1.29 is 18.1 Å². The van der Waals surface area contributed by atoms with Crippen molar-refractivity contribution in [2.24, 2.45) is 0 Å². The Hall–Kier alpha value is -2.49. The summed E-state index contributed by atoms with van der Waals surface area (Å²) in [6, 6.07) is 12.2. The molecule has 2 N–H and O–H groups in total. The molecular weight excluding hydrogens is 370 g/mol. The maximum absolute atomic E-state index is 12.7. The van der Waals surface area contributed by atoms with Crippen molar-refractivity contribution in [3.8, 4) is 5.75 Å². The number of nitro groups is 1. The van der Waals surface area contributed by atoms with Gasteiger partial charge >= 0.3 is 0 Å². The molecule has 0 spiro atoms. The molecule has 1 fully saturated rings. The van der Waals surface area contributed by atoms with Crippen LogP contribution in [0.4, 0.5) is 5.69 Å². The highest BCUT2D eigenvalue weighted by Crippen LogP contribution is 2.28. The van der Waals surface area contributed by atoms with E-state index in [2.05, 4.69) is 10.0 Å². The second kappa shape index (κ2) is 8.03. The Morgan fingerprint density at radius 1 is 1.15 bits per heavy atom. The molecule has 1 saturated heterocycles. The van der Waals surface area contributed by atoms with Crippen molar-refractivity contribution in [3.05, 3.63) is 64.2 Å². The first-order chi connectivity index (χ1) is 12.9. The molecule has 0 aliphatic carbocycles. The lowest BCUT2D eigenvalue weighted by Gasteiger charge is -2.33. The summed E-state index contributed by atoms with van der Waals surface area (Å²) < 4.78 is 33.4. The summed E-state index contributed by atoms with van der Waals surface area (Å²) in [6.07, 6.45) is 0.791. The van der Waals surface area contributed by atoms with E-state index < -0.39 is 14.9 Å². The molecular formula is C18H21N3O5S. The number of hydrogen-bond donors (Lipinski definition) is 2. The van der Waals surface area contributed by atoms with Crippen LogP contribution in [0.5, 0.6) is 5.75 Å². The Morgan fingerprint density at radius 3 is 2.41 bits per heavy atom. The van der Waals surface area contributed by atoms with Gasteiger partial charge in [-0.2, -0.15) is 0 Å². The fourth-order valence-corrected chi connectivity index (χ4v) is 4.52. The normalized spacial score (nSPS) is 20.2. The highest BCUT2D eigenvalue weighted by atomic mass is 32.2. The largest absolute Gasteiger partial charge is 0.497 e. The van der Waals surface area contributed by atoms with Gasteiger partial charge in [-0.25, -0.2) is 13.1 Å². The van der Waals surface area contributed by atoms with Crippen molar-refractivity contribution in [1.82, 2.24) is 10.0 Å². The Bertz CT molecular complexity index is 898. The lowest BCUT2D eigenvalue weighted by Crippen LogP contribution is -2.49. The maximum Gasteiger partial charge on any atom is 0.269 e. The SMILES string of the molecule is COc1ccc([C@H]2CCNC[C@H]2NS(=O)(=O)c2ccc([N+](=O)[O-])cc2)cc1. The average molecular weight is 391 g/mol. The summed E-state index contributed by atoms with van der Waals surface area (Å²) in [5.74, 6) is 0.765. The number of nitrogens with zero attached hydrogens (tertiary/aromatic N) is 1. The summed E-state index contributed by atoms with van der Waals surface area (Å²) in [7, 11) is -2.20. The van der Waals surface area contributed by atoms with Gasteiger partial charge in [0.05, 0.1) is 16.9 Å². The molecule has 0 radical (unpaired) electrons. The first-order valence-corrected chi connectivity index (χ1v) is 10.0. The summed E-state index contributed by atoms with van der Waals surface area (Å²) in [5, 5.41) is 14.0. The number of non-ortho nitro benzene ring substituents is 1. The molecule has 0 amide bonds. The molecule has 0 bridgehead atoms. The Morgan fingerprint density at radius 2 is 1.81 bits per heavy atom. The smallest absolute Gasteiger partial charge is 0.269 e. The van der Waals surface area contributed by atoms with Crippen molar-refractivity contribution in [2.75, 3.05) is 20.2 Å². The zero-order chi connectivity index (χ0) is 19.4. The van der Waals surface area contributed by atoms with Crippen LogP contribution in [0, 0.1) is 10.1 Å². The van der Waals surface area contributed by atoms with Gasteiger partial charge in [-0.05, 0) is 42.8 Å². The quantitative estimate of drug-likeness (QED) is 0.576. The molecule has 9 heteroatoms. The fraction of sp³-hybridized carbons (Fsp3) is 0.333. The van der Waals surface area contributed by atoms with E-state index in [0.29, 0.717) is 6.54 Å². The lowest BCUT2D eigenvalue weighted by atomic mass is 9.86. The van der Waals surface area contributed by atoms with E-state index in [1.807, 2.05) is 24.3 Å². The third-order valence-electron chi connectivity index (χ3n) is 4.69. The van der Waals surface area contributed by atoms with Crippen molar-refractivity contribution in [2.45, 2.75) is 23.3 Å². The molecule has 144 valence electrons. The Balaban J connectivity index is 1.80. The minimum atomic E-state index is -3.79. The Labute approximate surface area is 157 Å². The third kappa shape index (κ3) is 4.44. The second-order valence-electron chi connectivity index (χ2n) is 6.35. The van der Waals surface area contributed by atoms with E-state index in [9.17, 15) is 18.5 Å². The monoisotopic (exact) mass is 391 g/mol. The summed E-state index contributed by atoms with van der Waals surface area (Å²) in [6.45, 7) is 1.30. The number of benzene rings is 2. The van der Waals surface area contributed by atoms with Crippen LogP contribution in [-0.2, 0) is 10.0 Å². The third-order valence-corrected chi connectivity index (χ3v) is 6.20. The summed E-state index contributed by atoms with van der Waals surface area (Å²) >= 11 is 0. The molecule has 2 atom stereocenters. The molecule has 0 unspecified atom stereocenters. The first-order valence-electron chi connectivity index (χ1n) is 8.52. The zero-order valence-electron chi connectivity index (χ0n) is 14.8. The number of methoxy groups -OCH3 is 1. The van der Waals surface area contributed by atoms with Gasteiger partial charge in [-0.3, -0.25) is 10.1 Å². The fourth-order valence-electron chi connectivity index (χ4n) is 3.25. The number of rotatable bonds is 6. The molecule has 0 aromatic heterocycles. The minimum Gasteiger partial charge on any atom is -0.497 e. The van der Waals surface area contributed by atoms with Crippen LogP contribution < -0.4 is 14.8 Å². The van der Waals surface area contributed by atoms with Crippen molar-refractivity contribution in [1.29, 1.82) is 0 Å². The highest BCUT2D eigenvalue weighted by Gasteiger charge is 2.30. The van der Waals surface area contributed by atoms with E-state index in [-0.39, 0.29) is 22.5 Å². The van der Waals surface area contributed by atoms with E-state index in [0.717, 1.165) is 24.3 Å². The molecule has 3 rings (SSSR count). The maximum atomic E-state index is 12.7. The zero-order valence-corrected chi connectivity index (χ0v) is 15.6. The van der Waals surface area contributed by atoms with Gasteiger partial charge in [0.15, 0.2) is 0 Å². The minimum absolute atomic E-state index is 0.00662. The van der Waals surface area contributed by atoms with Crippen LogP contribution in [-0.4, -0.2) is 39.6 Å². The molecule has 1 aliphatic heterocycles. The molecule has 1 aliphatic rings. The van der Waals surface area contributed by atoms with Crippen molar-refractivity contribution >= 4 is 15.7 Å². The van der Waals surface area contributed by atoms with Gasteiger partial charge in [0.25, 0.3) is 5.69 Å².